The number of benzene rings is 2. The van der Waals surface area contributed by atoms with Crippen molar-refractivity contribution >= 4 is 35.4 Å². The van der Waals surface area contributed by atoms with Crippen LogP contribution in [0.25, 0.3) is 0 Å². The smallest absolute Gasteiger partial charge is 0.220 e. The Morgan fingerprint density at radius 3 is 2.36 bits per heavy atom. The van der Waals surface area contributed by atoms with Gasteiger partial charge in [-0.3, -0.25) is 4.79 Å². The van der Waals surface area contributed by atoms with E-state index in [4.69, 9.17) is 23.2 Å². The van der Waals surface area contributed by atoms with E-state index < -0.39 is 0 Å². The predicted octanol–water partition coefficient (Wildman–Crippen LogP) is 4.99. The monoisotopic (exact) mass is 377 g/mol. The van der Waals surface area contributed by atoms with Crippen LogP contribution in [0.2, 0.25) is 10.0 Å². The number of carbonyl (C=O) groups is 2. The molecule has 2 aromatic rings. The Hall–Kier alpha value is -1.84. The van der Waals surface area contributed by atoms with Gasteiger partial charge in [0.05, 0.1) is 10.0 Å². The van der Waals surface area contributed by atoms with Crippen LogP contribution in [0.5, 0.6) is 0 Å². The molecule has 5 heteroatoms. The number of nitrogens with one attached hydrogen (secondary N) is 1. The van der Waals surface area contributed by atoms with Crippen molar-refractivity contribution < 1.29 is 9.59 Å². The van der Waals surface area contributed by atoms with Gasteiger partial charge >= 0.3 is 0 Å². The molecule has 0 aliphatic carbocycles. The second kappa shape index (κ2) is 9.02. The summed E-state index contributed by atoms with van der Waals surface area (Å²) in [5.41, 5.74) is 4.23. The summed E-state index contributed by atoms with van der Waals surface area (Å²) < 4.78 is 0. The molecule has 0 spiro atoms. The van der Waals surface area contributed by atoms with E-state index in [-0.39, 0.29) is 24.7 Å². The van der Waals surface area contributed by atoms with Crippen LogP contribution in [0.3, 0.4) is 0 Å². The minimum absolute atomic E-state index is 0.0999. The van der Waals surface area contributed by atoms with Crippen LogP contribution < -0.4 is 5.32 Å². The average Bonchev–Trinajstić information content (AvgIpc) is 2.54. The van der Waals surface area contributed by atoms with Crippen molar-refractivity contribution in [2.24, 2.45) is 0 Å². The van der Waals surface area contributed by atoms with E-state index in [1.165, 1.54) is 11.1 Å². The molecular weight excluding hydrogens is 357 g/mol. The van der Waals surface area contributed by atoms with Crippen molar-refractivity contribution in [3.63, 3.8) is 0 Å². The van der Waals surface area contributed by atoms with Gasteiger partial charge < -0.3 is 10.1 Å². The second-order valence-corrected chi connectivity index (χ2v) is 7.06. The number of aldehydes is 1. The normalized spacial score (nSPS) is 11.8. The zero-order chi connectivity index (χ0) is 18.4. The average molecular weight is 378 g/mol. The van der Waals surface area contributed by atoms with Crippen LogP contribution in [0.1, 0.15) is 41.0 Å². The van der Waals surface area contributed by atoms with Crippen molar-refractivity contribution in [1.82, 2.24) is 5.32 Å². The molecule has 0 aromatic heterocycles. The number of hydrogen-bond acceptors (Lipinski definition) is 2. The summed E-state index contributed by atoms with van der Waals surface area (Å²) in [4.78, 5) is 23.3. The Kier molecular flexibility index (Phi) is 7.03. The molecule has 0 saturated heterocycles. The Labute approximate surface area is 158 Å². The molecule has 0 saturated carbocycles. The molecule has 0 bridgehead atoms. The topological polar surface area (TPSA) is 46.2 Å². The first-order valence-electron chi connectivity index (χ1n) is 8.11. The van der Waals surface area contributed by atoms with Crippen LogP contribution in [-0.4, -0.2) is 12.2 Å². The molecule has 0 aliphatic rings. The quantitative estimate of drug-likeness (QED) is 0.690. The summed E-state index contributed by atoms with van der Waals surface area (Å²) in [7, 11) is 0. The summed E-state index contributed by atoms with van der Waals surface area (Å²) in [5, 5.41) is 3.80. The molecular formula is C20H21Cl2NO2. The fourth-order valence-corrected chi connectivity index (χ4v) is 3.19. The lowest BCUT2D eigenvalue weighted by molar-refractivity contribution is -0.121. The van der Waals surface area contributed by atoms with Crippen LogP contribution in [0, 0.1) is 13.8 Å². The van der Waals surface area contributed by atoms with Crippen molar-refractivity contribution in [3.05, 3.63) is 68.7 Å². The van der Waals surface area contributed by atoms with Gasteiger partial charge in [0.1, 0.15) is 6.29 Å². The number of amides is 1. The lowest BCUT2D eigenvalue weighted by Crippen LogP contribution is -2.25. The molecule has 1 N–H and O–H groups in total. The van der Waals surface area contributed by atoms with Gasteiger partial charge in [-0.25, -0.2) is 0 Å². The maximum Gasteiger partial charge on any atom is 0.220 e. The summed E-state index contributed by atoms with van der Waals surface area (Å²) in [5.74, 6) is -0.316. The fourth-order valence-electron chi connectivity index (χ4n) is 2.89. The largest absolute Gasteiger partial charge is 0.352 e. The summed E-state index contributed by atoms with van der Waals surface area (Å²) >= 11 is 12.0. The number of halogens is 2. The van der Waals surface area contributed by atoms with Gasteiger partial charge in [0.25, 0.3) is 0 Å². The van der Waals surface area contributed by atoms with Gasteiger partial charge in [0.2, 0.25) is 5.91 Å². The van der Waals surface area contributed by atoms with Crippen molar-refractivity contribution in [2.75, 3.05) is 0 Å². The standard InChI is InChI=1S/C20H21Cl2NO2/c1-13-7-14(2)9-15(8-13)12-23-20(25)11-17(5-6-24)16-3-4-18(21)19(22)10-16/h3-4,6-10,17H,5,11-12H2,1-2H3,(H,23,25)/t17-/m1/s1. The van der Waals surface area contributed by atoms with E-state index >= 15 is 0 Å². The SMILES string of the molecule is Cc1cc(C)cc(CNC(=O)C[C@@H](CC=O)c2ccc(Cl)c(Cl)c2)c1. The predicted molar refractivity (Wildman–Crippen MR) is 102 cm³/mol. The third-order valence-electron chi connectivity index (χ3n) is 4.00. The van der Waals surface area contributed by atoms with Gasteiger partial charge in [-0.2, -0.15) is 0 Å². The third-order valence-corrected chi connectivity index (χ3v) is 4.74. The molecule has 2 rings (SSSR count). The lowest BCUT2D eigenvalue weighted by atomic mass is 9.92. The summed E-state index contributed by atoms with van der Waals surface area (Å²) in [6.07, 6.45) is 1.31. The number of hydrogen-bond donors (Lipinski definition) is 1. The van der Waals surface area contributed by atoms with E-state index in [0.29, 0.717) is 16.6 Å². The van der Waals surface area contributed by atoms with Gasteiger partial charge in [-0.05, 0) is 43.0 Å². The molecule has 1 atom stereocenters. The van der Waals surface area contributed by atoms with Crippen LogP contribution >= 0.6 is 23.2 Å². The van der Waals surface area contributed by atoms with Crippen LogP contribution in [0.15, 0.2) is 36.4 Å². The van der Waals surface area contributed by atoms with Gasteiger partial charge in [-0.15, -0.1) is 0 Å². The van der Waals surface area contributed by atoms with E-state index in [1.54, 1.807) is 18.2 Å². The van der Waals surface area contributed by atoms with Crippen LogP contribution in [0.4, 0.5) is 0 Å². The molecule has 0 aliphatic heterocycles. The van der Waals surface area contributed by atoms with Gasteiger partial charge in [0.15, 0.2) is 0 Å². The highest BCUT2D eigenvalue weighted by atomic mass is 35.5. The number of aryl methyl sites for hydroxylation is 2. The molecule has 0 unspecified atom stereocenters. The Morgan fingerprint density at radius 2 is 1.76 bits per heavy atom. The van der Waals surface area contributed by atoms with E-state index in [2.05, 4.69) is 23.5 Å². The highest BCUT2D eigenvalue weighted by Gasteiger charge is 2.17. The zero-order valence-electron chi connectivity index (χ0n) is 14.3. The van der Waals surface area contributed by atoms with Crippen molar-refractivity contribution in [3.8, 4) is 0 Å². The Balaban J connectivity index is 2.02. The highest BCUT2D eigenvalue weighted by molar-refractivity contribution is 6.42. The summed E-state index contributed by atoms with van der Waals surface area (Å²) in [6.45, 7) is 4.53. The first-order chi connectivity index (χ1) is 11.9. The fraction of sp³-hybridized carbons (Fsp3) is 0.300. The van der Waals surface area contributed by atoms with E-state index in [0.717, 1.165) is 17.4 Å². The maximum atomic E-state index is 12.3. The summed E-state index contributed by atoms with van der Waals surface area (Å²) in [6, 6.07) is 11.4. The van der Waals surface area contributed by atoms with Gasteiger partial charge in [-0.1, -0.05) is 58.6 Å². The van der Waals surface area contributed by atoms with Crippen molar-refractivity contribution in [2.45, 2.75) is 39.2 Å². The molecule has 1 amide bonds. The molecule has 0 radical (unpaired) electrons. The zero-order valence-corrected chi connectivity index (χ0v) is 15.8. The first-order valence-corrected chi connectivity index (χ1v) is 8.87. The number of carbonyl (C=O) groups excluding carboxylic acids is 2. The number of rotatable bonds is 7. The molecule has 2 aromatic carbocycles. The molecule has 0 fully saturated rings. The van der Waals surface area contributed by atoms with Gasteiger partial charge in [0, 0.05) is 19.4 Å². The lowest BCUT2D eigenvalue weighted by Gasteiger charge is -2.15. The van der Waals surface area contributed by atoms with E-state index in [9.17, 15) is 9.59 Å². The molecule has 0 heterocycles. The van der Waals surface area contributed by atoms with Crippen molar-refractivity contribution in [1.29, 1.82) is 0 Å². The molecule has 25 heavy (non-hydrogen) atoms. The van der Waals surface area contributed by atoms with Crippen LogP contribution in [-0.2, 0) is 16.1 Å². The highest BCUT2D eigenvalue weighted by Crippen LogP contribution is 2.29. The second-order valence-electron chi connectivity index (χ2n) is 6.25. The minimum atomic E-state index is -0.216. The first kappa shape index (κ1) is 19.5. The third kappa shape index (κ3) is 5.87. The molecule has 3 nitrogen and oxygen atoms in total. The Bertz CT molecular complexity index is 754. The minimum Gasteiger partial charge on any atom is -0.352 e. The molecule has 132 valence electrons. The maximum absolute atomic E-state index is 12.3. The Morgan fingerprint density at radius 1 is 1.08 bits per heavy atom. The van der Waals surface area contributed by atoms with E-state index in [1.807, 2.05) is 13.8 Å².